The first-order valence-corrected chi connectivity index (χ1v) is 13.2. The van der Waals surface area contributed by atoms with E-state index in [1.54, 1.807) is 16.7 Å². The van der Waals surface area contributed by atoms with E-state index in [1.165, 1.54) is 12.0 Å². The molecule has 1 N–H and O–H groups in total. The lowest BCUT2D eigenvalue weighted by molar-refractivity contribution is -0.140. The van der Waals surface area contributed by atoms with Crippen LogP contribution in [0.4, 0.5) is 0 Å². The number of hydrogen-bond donors (Lipinski definition) is 1. The van der Waals surface area contributed by atoms with E-state index in [0.29, 0.717) is 18.7 Å². The molecule has 32 heavy (non-hydrogen) atoms. The van der Waals surface area contributed by atoms with Crippen LogP contribution in [0.1, 0.15) is 56.6 Å². The summed E-state index contributed by atoms with van der Waals surface area (Å²) in [4.78, 5) is 29.1. The number of carbonyl (C=O) groups is 2. The van der Waals surface area contributed by atoms with Crippen molar-refractivity contribution in [2.75, 3.05) is 5.75 Å². The Morgan fingerprint density at radius 3 is 2.53 bits per heavy atom. The molecule has 1 saturated carbocycles. The van der Waals surface area contributed by atoms with Crippen LogP contribution in [-0.4, -0.2) is 34.6 Å². The maximum Gasteiger partial charge on any atom is 0.242 e. The van der Waals surface area contributed by atoms with Gasteiger partial charge in [0.2, 0.25) is 11.8 Å². The van der Waals surface area contributed by atoms with Gasteiger partial charge in [-0.3, -0.25) is 9.59 Å². The Hall–Kier alpha value is -1.79. The van der Waals surface area contributed by atoms with Gasteiger partial charge in [-0.05, 0) is 56.5 Å². The maximum absolute atomic E-state index is 13.2. The first kappa shape index (κ1) is 24.8. The summed E-state index contributed by atoms with van der Waals surface area (Å²) >= 11 is 5.18. The van der Waals surface area contributed by atoms with Crippen molar-refractivity contribution in [1.29, 1.82) is 0 Å². The van der Waals surface area contributed by atoms with Crippen molar-refractivity contribution in [3.05, 3.63) is 64.1 Å². The molecule has 1 fully saturated rings. The molecule has 0 bridgehead atoms. The Balaban J connectivity index is 1.64. The quantitative estimate of drug-likeness (QED) is 0.409. The van der Waals surface area contributed by atoms with Gasteiger partial charge in [0, 0.05) is 34.1 Å². The summed E-state index contributed by atoms with van der Waals surface area (Å²) in [5.41, 5.74) is 2.24. The highest BCUT2D eigenvalue weighted by Crippen LogP contribution is 2.22. The second-order valence-corrected chi connectivity index (χ2v) is 10.7. The Morgan fingerprint density at radius 2 is 1.84 bits per heavy atom. The fourth-order valence-corrected chi connectivity index (χ4v) is 5.31. The standard InChI is InChI=1S/C26H33BrN2O2S/c1-19-11-13-24(14-12-19)32-16-15-25(30)29(18-21-7-6-8-22(27)17-21)20(2)26(31)28-23-9-4-3-5-10-23/h6-8,11-14,17,20,23H,3-5,9-10,15-16,18H2,1-2H3,(H,28,31)/t20-/m0/s1. The van der Waals surface area contributed by atoms with E-state index in [2.05, 4.69) is 52.4 Å². The van der Waals surface area contributed by atoms with Crippen LogP contribution in [0.2, 0.25) is 0 Å². The molecule has 0 spiro atoms. The minimum atomic E-state index is -0.507. The molecule has 2 aromatic rings. The molecule has 0 aliphatic heterocycles. The van der Waals surface area contributed by atoms with Gasteiger partial charge >= 0.3 is 0 Å². The molecule has 2 amide bonds. The van der Waals surface area contributed by atoms with Gasteiger partial charge in [0.05, 0.1) is 0 Å². The first-order valence-electron chi connectivity index (χ1n) is 11.5. The van der Waals surface area contributed by atoms with E-state index in [1.807, 2.05) is 31.2 Å². The predicted molar refractivity (Wildman–Crippen MR) is 136 cm³/mol. The molecule has 4 nitrogen and oxygen atoms in total. The van der Waals surface area contributed by atoms with Crippen molar-refractivity contribution in [2.24, 2.45) is 0 Å². The number of carbonyl (C=O) groups excluding carboxylic acids is 2. The minimum Gasteiger partial charge on any atom is -0.352 e. The van der Waals surface area contributed by atoms with E-state index in [4.69, 9.17) is 0 Å². The molecule has 0 heterocycles. The number of halogens is 1. The Morgan fingerprint density at radius 1 is 1.12 bits per heavy atom. The SMILES string of the molecule is Cc1ccc(SCCC(=O)N(Cc2cccc(Br)c2)[C@@H](C)C(=O)NC2CCCCC2)cc1. The average molecular weight is 518 g/mol. The van der Waals surface area contributed by atoms with E-state index in [-0.39, 0.29) is 17.9 Å². The molecule has 0 aromatic heterocycles. The molecule has 0 unspecified atom stereocenters. The smallest absolute Gasteiger partial charge is 0.242 e. The highest BCUT2D eigenvalue weighted by Gasteiger charge is 2.28. The minimum absolute atomic E-state index is 0.0101. The number of rotatable bonds is 9. The van der Waals surface area contributed by atoms with Gasteiger partial charge in [-0.1, -0.05) is 65.0 Å². The van der Waals surface area contributed by atoms with Crippen LogP contribution < -0.4 is 5.32 Å². The second-order valence-electron chi connectivity index (χ2n) is 8.58. The van der Waals surface area contributed by atoms with Crippen LogP contribution in [0.25, 0.3) is 0 Å². The summed E-state index contributed by atoms with van der Waals surface area (Å²) < 4.78 is 0.969. The van der Waals surface area contributed by atoms with Crippen LogP contribution in [0, 0.1) is 6.92 Å². The Kier molecular flexibility index (Phi) is 9.67. The van der Waals surface area contributed by atoms with Gasteiger partial charge in [-0.2, -0.15) is 0 Å². The topological polar surface area (TPSA) is 49.4 Å². The van der Waals surface area contributed by atoms with Gasteiger partial charge in [0.25, 0.3) is 0 Å². The number of thioether (sulfide) groups is 1. The summed E-state index contributed by atoms with van der Waals surface area (Å²) in [5, 5.41) is 3.19. The summed E-state index contributed by atoms with van der Waals surface area (Å²) in [7, 11) is 0. The molecular weight excluding hydrogens is 484 g/mol. The fourth-order valence-electron chi connectivity index (χ4n) is 4.02. The molecule has 0 radical (unpaired) electrons. The monoisotopic (exact) mass is 516 g/mol. The number of nitrogens with zero attached hydrogens (tertiary/aromatic N) is 1. The Bertz CT molecular complexity index is 897. The molecule has 3 rings (SSSR count). The zero-order valence-corrected chi connectivity index (χ0v) is 21.4. The van der Waals surface area contributed by atoms with E-state index >= 15 is 0 Å². The van der Waals surface area contributed by atoms with Crippen LogP contribution in [0.5, 0.6) is 0 Å². The number of aryl methyl sites for hydroxylation is 1. The lowest BCUT2D eigenvalue weighted by atomic mass is 9.95. The summed E-state index contributed by atoms with van der Waals surface area (Å²) in [6.45, 7) is 4.34. The Labute approximate surface area is 204 Å². The van der Waals surface area contributed by atoms with Gasteiger partial charge in [-0.15, -0.1) is 11.8 Å². The molecule has 0 saturated heterocycles. The van der Waals surface area contributed by atoms with Crippen LogP contribution in [-0.2, 0) is 16.1 Å². The van der Waals surface area contributed by atoms with Gasteiger partial charge in [-0.25, -0.2) is 0 Å². The third-order valence-corrected chi connectivity index (χ3v) is 7.47. The van der Waals surface area contributed by atoms with Gasteiger partial charge in [0.1, 0.15) is 6.04 Å². The van der Waals surface area contributed by atoms with Crippen molar-refractivity contribution >= 4 is 39.5 Å². The van der Waals surface area contributed by atoms with Crippen molar-refractivity contribution in [1.82, 2.24) is 10.2 Å². The second kappa shape index (κ2) is 12.4. The first-order chi connectivity index (χ1) is 15.4. The molecule has 6 heteroatoms. The molecule has 2 aromatic carbocycles. The lowest BCUT2D eigenvalue weighted by Crippen LogP contribution is -2.50. The summed E-state index contributed by atoms with van der Waals surface area (Å²) in [6, 6.07) is 16.0. The van der Waals surface area contributed by atoms with Crippen molar-refractivity contribution in [2.45, 2.75) is 75.9 Å². The molecular formula is C26H33BrN2O2S. The molecule has 1 aliphatic rings. The molecule has 1 atom stereocenters. The molecule has 1 aliphatic carbocycles. The van der Waals surface area contributed by atoms with Crippen molar-refractivity contribution in [3.8, 4) is 0 Å². The number of nitrogens with one attached hydrogen (secondary N) is 1. The summed E-state index contributed by atoms with van der Waals surface area (Å²) in [6.07, 6.45) is 6.03. The van der Waals surface area contributed by atoms with Gasteiger partial charge in [0.15, 0.2) is 0 Å². The van der Waals surface area contributed by atoms with E-state index < -0.39 is 6.04 Å². The third-order valence-electron chi connectivity index (χ3n) is 5.97. The van der Waals surface area contributed by atoms with Crippen molar-refractivity contribution in [3.63, 3.8) is 0 Å². The number of hydrogen-bond acceptors (Lipinski definition) is 3. The third kappa shape index (κ3) is 7.66. The zero-order valence-electron chi connectivity index (χ0n) is 19.0. The molecule has 172 valence electrons. The van der Waals surface area contributed by atoms with Crippen molar-refractivity contribution < 1.29 is 9.59 Å². The maximum atomic E-state index is 13.2. The highest BCUT2D eigenvalue weighted by atomic mass is 79.9. The predicted octanol–water partition coefficient (Wildman–Crippen LogP) is 6.11. The zero-order chi connectivity index (χ0) is 22.9. The largest absolute Gasteiger partial charge is 0.352 e. The summed E-state index contributed by atoms with van der Waals surface area (Å²) in [5.74, 6) is 0.649. The normalized spacial score (nSPS) is 15.2. The van der Waals surface area contributed by atoms with Crippen LogP contribution in [0.3, 0.4) is 0 Å². The highest BCUT2D eigenvalue weighted by molar-refractivity contribution is 9.10. The van der Waals surface area contributed by atoms with E-state index in [0.717, 1.165) is 40.6 Å². The number of benzene rings is 2. The lowest BCUT2D eigenvalue weighted by Gasteiger charge is -2.31. The van der Waals surface area contributed by atoms with E-state index in [9.17, 15) is 9.59 Å². The fraction of sp³-hybridized carbons (Fsp3) is 0.462. The van der Waals surface area contributed by atoms with Crippen LogP contribution >= 0.6 is 27.7 Å². The van der Waals surface area contributed by atoms with Crippen LogP contribution in [0.15, 0.2) is 57.9 Å². The van der Waals surface area contributed by atoms with Gasteiger partial charge < -0.3 is 10.2 Å². The number of amides is 2. The average Bonchev–Trinajstić information content (AvgIpc) is 2.79.